The van der Waals surface area contributed by atoms with Gasteiger partial charge in [0.2, 0.25) is 0 Å². The van der Waals surface area contributed by atoms with Gasteiger partial charge in [0.1, 0.15) is 11.7 Å². The first-order valence-corrected chi connectivity index (χ1v) is 3.21. The number of allylic oxidation sites excluding steroid dienone is 4. The van der Waals surface area contributed by atoms with Gasteiger partial charge in [0.05, 0.1) is 6.07 Å². The number of nitriles is 1. The van der Waals surface area contributed by atoms with Gasteiger partial charge in [-0.2, -0.15) is 5.26 Å². The van der Waals surface area contributed by atoms with Crippen molar-refractivity contribution in [3.63, 3.8) is 0 Å². The quantitative estimate of drug-likeness (QED) is 0.480. The Kier molecular flexibility index (Phi) is 2.09. The molecule has 0 aromatic rings. The summed E-state index contributed by atoms with van der Waals surface area (Å²) in [6.45, 7) is 0. The first kappa shape index (κ1) is 7.57. The molecule has 0 bridgehead atoms. The maximum atomic E-state index is 12.8. The minimum Gasteiger partial charge on any atom is -0.210 e. The predicted octanol–water partition coefficient (Wildman–Crippen LogP) is 1.94. The van der Waals surface area contributed by atoms with Crippen LogP contribution in [0.4, 0.5) is 4.39 Å². The molecule has 0 amide bonds. The topological polar surface area (TPSA) is 23.8 Å². The summed E-state index contributed by atoms with van der Waals surface area (Å²) in [6.07, 6.45) is 8.35. The summed E-state index contributed by atoms with van der Waals surface area (Å²) in [5.41, 5.74) is 0.522. The smallest absolute Gasteiger partial charge is 0.119 e. The first-order chi connectivity index (χ1) is 5.27. The molecule has 0 saturated heterocycles. The summed E-state index contributed by atoms with van der Waals surface area (Å²) < 4.78 is 12.8. The molecular weight excluding hydrogens is 141 g/mol. The zero-order chi connectivity index (χ0) is 8.27. The molecule has 0 fully saturated rings. The molecule has 1 aliphatic carbocycles. The van der Waals surface area contributed by atoms with Crippen molar-refractivity contribution in [1.29, 1.82) is 5.26 Å². The largest absolute Gasteiger partial charge is 0.210 e. The molecule has 0 N–H and O–H groups in total. The van der Waals surface area contributed by atoms with E-state index in [0.717, 1.165) is 0 Å². The van der Waals surface area contributed by atoms with Gasteiger partial charge < -0.3 is 0 Å². The predicted molar refractivity (Wildman–Crippen MR) is 39.8 cm³/mol. The van der Waals surface area contributed by atoms with Crippen molar-refractivity contribution in [3.8, 4) is 18.4 Å². The number of rotatable bonds is 0. The number of halogens is 1. The Morgan fingerprint density at radius 2 is 2.45 bits per heavy atom. The standard InChI is InChI=1S/C9H6FN/c1-2-7-3-4-8(6-11)9(10)5-7/h1,3,5,8H,4H2. The normalized spacial score (nSPS) is 22.6. The van der Waals surface area contributed by atoms with Gasteiger partial charge in [0.15, 0.2) is 0 Å². The molecule has 0 spiro atoms. The van der Waals surface area contributed by atoms with Crippen LogP contribution in [-0.4, -0.2) is 0 Å². The van der Waals surface area contributed by atoms with Crippen LogP contribution >= 0.6 is 0 Å². The Balaban J connectivity index is 2.86. The third kappa shape index (κ3) is 1.48. The van der Waals surface area contributed by atoms with Crippen LogP contribution in [0.2, 0.25) is 0 Å². The van der Waals surface area contributed by atoms with Crippen LogP contribution in [0.1, 0.15) is 6.42 Å². The van der Waals surface area contributed by atoms with Crippen LogP contribution < -0.4 is 0 Å². The highest BCUT2D eigenvalue weighted by Gasteiger charge is 2.15. The van der Waals surface area contributed by atoms with Crippen LogP contribution in [0.25, 0.3) is 0 Å². The van der Waals surface area contributed by atoms with Gasteiger partial charge in [-0.3, -0.25) is 0 Å². The highest BCUT2D eigenvalue weighted by Crippen LogP contribution is 2.23. The highest BCUT2D eigenvalue weighted by atomic mass is 19.1. The second-order valence-electron chi connectivity index (χ2n) is 2.25. The van der Waals surface area contributed by atoms with Crippen molar-refractivity contribution in [2.24, 2.45) is 5.92 Å². The SMILES string of the molecule is C#CC1=CCC(C#N)C(F)=C1. The van der Waals surface area contributed by atoms with Crippen molar-refractivity contribution in [1.82, 2.24) is 0 Å². The maximum Gasteiger partial charge on any atom is 0.119 e. The molecule has 1 atom stereocenters. The van der Waals surface area contributed by atoms with E-state index in [9.17, 15) is 4.39 Å². The van der Waals surface area contributed by atoms with Crippen LogP contribution in [0.5, 0.6) is 0 Å². The molecule has 1 aliphatic rings. The fourth-order valence-electron chi connectivity index (χ4n) is 0.880. The Labute approximate surface area is 64.8 Å². The Bertz CT molecular complexity index is 299. The van der Waals surface area contributed by atoms with Crippen molar-refractivity contribution in [2.75, 3.05) is 0 Å². The van der Waals surface area contributed by atoms with Crippen LogP contribution in [0.15, 0.2) is 23.6 Å². The molecule has 0 aromatic heterocycles. The van der Waals surface area contributed by atoms with Crippen molar-refractivity contribution >= 4 is 0 Å². The van der Waals surface area contributed by atoms with Crippen LogP contribution in [0, 0.1) is 29.6 Å². The van der Waals surface area contributed by atoms with Gasteiger partial charge >= 0.3 is 0 Å². The van der Waals surface area contributed by atoms with E-state index in [4.69, 9.17) is 11.7 Å². The molecule has 0 radical (unpaired) electrons. The summed E-state index contributed by atoms with van der Waals surface area (Å²) in [6, 6.07) is 1.84. The average molecular weight is 147 g/mol. The number of nitrogens with zero attached hydrogens (tertiary/aromatic N) is 1. The lowest BCUT2D eigenvalue weighted by Gasteiger charge is -2.08. The van der Waals surface area contributed by atoms with Gasteiger partial charge in [0.25, 0.3) is 0 Å². The van der Waals surface area contributed by atoms with Gasteiger partial charge in [-0.1, -0.05) is 12.0 Å². The molecule has 2 heteroatoms. The third-order valence-electron chi connectivity index (χ3n) is 1.52. The molecule has 1 rings (SSSR count). The summed E-state index contributed by atoms with van der Waals surface area (Å²) in [7, 11) is 0. The van der Waals surface area contributed by atoms with E-state index < -0.39 is 11.7 Å². The molecule has 0 aliphatic heterocycles. The molecule has 54 valence electrons. The minimum atomic E-state index is -0.632. The average Bonchev–Trinajstić information content (AvgIpc) is 2.04. The molecule has 11 heavy (non-hydrogen) atoms. The minimum absolute atomic E-state index is 0.387. The highest BCUT2D eigenvalue weighted by molar-refractivity contribution is 5.41. The maximum absolute atomic E-state index is 12.8. The lowest BCUT2D eigenvalue weighted by Crippen LogP contribution is -2.00. The summed E-state index contributed by atoms with van der Waals surface area (Å²) in [4.78, 5) is 0. The number of terminal acetylenes is 1. The summed E-state index contributed by atoms with van der Waals surface area (Å²) in [5, 5.41) is 8.41. The lowest BCUT2D eigenvalue weighted by molar-refractivity contribution is 0.528. The van der Waals surface area contributed by atoms with Crippen LogP contribution in [-0.2, 0) is 0 Å². The molecule has 0 aromatic carbocycles. The number of hydrogen-bond donors (Lipinski definition) is 0. The van der Waals surface area contributed by atoms with E-state index in [1.807, 2.05) is 6.07 Å². The van der Waals surface area contributed by atoms with E-state index in [1.54, 1.807) is 6.08 Å². The zero-order valence-corrected chi connectivity index (χ0v) is 5.84. The molecule has 1 nitrogen and oxygen atoms in total. The van der Waals surface area contributed by atoms with E-state index in [1.165, 1.54) is 6.08 Å². The molecule has 1 unspecified atom stereocenters. The van der Waals surface area contributed by atoms with Gasteiger partial charge in [-0.05, 0) is 12.5 Å². The Hall–Kier alpha value is -1.54. The zero-order valence-electron chi connectivity index (χ0n) is 5.84. The summed E-state index contributed by atoms with van der Waals surface area (Å²) >= 11 is 0. The molecule has 0 heterocycles. The van der Waals surface area contributed by atoms with Crippen molar-refractivity contribution < 1.29 is 4.39 Å². The fraction of sp³-hybridized carbons (Fsp3) is 0.222. The first-order valence-electron chi connectivity index (χ1n) is 3.21. The second kappa shape index (κ2) is 3.03. The molecular formula is C9H6FN. The summed E-state index contributed by atoms with van der Waals surface area (Å²) in [5.74, 6) is 1.25. The fourth-order valence-corrected chi connectivity index (χ4v) is 0.880. The van der Waals surface area contributed by atoms with E-state index in [-0.39, 0.29) is 0 Å². The van der Waals surface area contributed by atoms with Crippen molar-refractivity contribution in [3.05, 3.63) is 23.6 Å². The van der Waals surface area contributed by atoms with Gasteiger partial charge in [-0.15, -0.1) is 6.42 Å². The lowest BCUT2D eigenvalue weighted by atomic mass is 9.97. The van der Waals surface area contributed by atoms with Crippen LogP contribution in [0.3, 0.4) is 0 Å². The van der Waals surface area contributed by atoms with Gasteiger partial charge in [-0.25, -0.2) is 4.39 Å². The second-order valence-corrected chi connectivity index (χ2v) is 2.25. The van der Waals surface area contributed by atoms with Crippen molar-refractivity contribution in [2.45, 2.75) is 6.42 Å². The van der Waals surface area contributed by atoms with E-state index in [0.29, 0.717) is 12.0 Å². The monoisotopic (exact) mass is 147 g/mol. The third-order valence-corrected chi connectivity index (χ3v) is 1.52. The van der Waals surface area contributed by atoms with E-state index >= 15 is 0 Å². The Morgan fingerprint density at radius 3 is 2.91 bits per heavy atom. The Morgan fingerprint density at radius 1 is 1.73 bits per heavy atom. The van der Waals surface area contributed by atoms with E-state index in [2.05, 4.69) is 5.92 Å². The van der Waals surface area contributed by atoms with Gasteiger partial charge in [0, 0.05) is 5.57 Å². The molecule has 0 saturated carbocycles. The number of hydrogen-bond acceptors (Lipinski definition) is 1.